The predicted octanol–water partition coefficient (Wildman–Crippen LogP) is 3.70. The van der Waals surface area contributed by atoms with E-state index in [2.05, 4.69) is 5.32 Å². The third kappa shape index (κ3) is 5.29. The summed E-state index contributed by atoms with van der Waals surface area (Å²) < 4.78 is 38.2. The van der Waals surface area contributed by atoms with E-state index >= 15 is 8.78 Å². The molecule has 2 fully saturated rings. The maximum absolute atomic E-state index is 15.2. The van der Waals surface area contributed by atoms with E-state index in [9.17, 15) is 19.2 Å². The summed E-state index contributed by atoms with van der Waals surface area (Å²) in [4.78, 5) is 50.0. The number of ether oxygens (including phenoxy) is 1. The molecule has 2 saturated heterocycles. The lowest BCUT2D eigenvalue weighted by Gasteiger charge is -2.39. The van der Waals surface area contributed by atoms with E-state index in [1.54, 1.807) is 32.9 Å². The first-order valence-corrected chi connectivity index (χ1v) is 12.2. The largest absolute Gasteiger partial charge is 0.444 e. The molecular weight excluding hydrogens is 474 g/mol. The molecule has 1 aromatic heterocycles. The summed E-state index contributed by atoms with van der Waals surface area (Å²) in [6, 6.07) is 3.79. The van der Waals surface area contributed by atoms with Gasteiger partial charge in [-0.05, 0) is 51.3 Å². The van der Waals surface area contributed by atoms with E-state index in [1.165, 1.54) is 22.2 Å². The van der Waals surface area contributed by atoms with Crippen LogP contribution in [0.1, 0.15) is 71.4 Å². The quantitative estimate of drug-likeness (QED) is 0.623. The molecule has 3 amide bonds. The number of imidazole rings is 1. The van der Waals surface area contributed by atoms with Crippen LogP contribution in [0.5, 0.6) is 0 Å². The second-order valence-electron chi connectivity index (χ2n) is 9.93. The fourth-order valence-electron chi connectivity index (χ4n) is 4.66. The fourth-order valence-corrected chi connectivity index (χ4v) is 4.66. The average Bonchev–Trinajstić information content (AvgIpc) is 3.03. The van der Waals surface area contributed by atoms with Crippen molar-refractivity contribution in [2.45, 2.75) is 77.4 Å². The highest BCUT2D eigenvalue weighted by Gasteiger charge is 2.47. The highest BCUT2D eigenvalue weighted by molar-refractivity contribution is 6.00. The lowest BCUT2D eigenvalue weighted by molar-refractivity contribution is -0.135. The number of rotatable bonds is 2. The molecule has 2 atom stereocenters. The van der Waals surface area contributed by atoms with Crippen LogP contribution in [-0.2, 0) is 21.4 Å². The maximum Gasteiger partial charge on any atom is 0.410 e. The molecule has 0 bridgehead atoms. The van der Waals surface area contributed by atoms with Crippen LogP contribution in [0.4, 0.5) is 13.6 Å². The SMILES string of the molecule is CC.Cn1c(=O)n(C2CCC(=O)NC2=O)c2ccc(C3CCN(C(=O)OC(C)(C)C)CC3(F)F)cc21. The van der Waals surface area contributed by atoms with E-state index in [0.717, 1.165) is 4.90 Å². The lowest BCUT2D eigenvalue weighted by atomic mass is 9.86. The Labute approximate surface area is 208 Å². The molecule has 2 aliphatic heterocycles. The molecule has 1 aromatic carbocycles. The first-order chi connectivity index (χ1) is 16.8. The van der Waals surface area contributed by atoms with Gasteiger partial charge >= 0.3 is 11.8 Å². The fraction of sp³-hybridized carbons (Fsp3) is 0.600. The molecule has 1 N–H and O–H groups in total. The van der Waals surface area contributed by atoms with Crippen LogP contribution in [0, 0.1) is 0 Å². The van der Waals surface area contributed by atoms with Crippen molar-refractivity contribution in [3.63, 3.8) is 0 Å². The second kappa shape index (κ2) is 10.0. The minimum absolute atomic E-state index is 0.0273. The molecule has 9 nitrogen and oxygen atoms in total. The van der Waals surface area contributed by atoms with Gasteiger partial charge in [-0.15, -0.1) is 0 Å². The standard InChI is InChI=1S/C23H28F2N4O5.C2H6/c1-22(2,3)34-21(33)28-10-9-14(23(24,25)12-28)13-5-6-15-17(11-13)27(4)20(32)29(15)16-7-8-18(30)26-19(16)31;1-2/h5-6,11,14,16H,7-10,12H2,1-4H3,(H,26,30,31);1-2H3. The van der Waals surface area contributed by atoms with Crippen LogP contribution in [0.15, 0.2) is 23.0 Å². The Morgan fingerprint density at radius 3 is 2.36 bits per heavy atom. The van der Waals surface area contributed by atoms with E-state index in [1.807, 2.05) is 13.8 Å². The first-order valence-electron chi connectivity index (χ1n) is 12.2. The summed E-state index contributed by atoms with van der Waals surface area (Å²) in [5.74, 6) is -5.30. The normalized spacial score (nSPS) is 22.1. The maximum atomic E-state index is 15.2. The van der Waals surface area contributed by atoms with Gasteiger partial charge in [0.15, 0.2) is 0 Å². The number of benzene rings is 1. The number of halogens is 2. The van der Waals surface area contributed by atoms with Gasteiger partial charge < -0.3 is 9.64 Å². The van der Waals surface area contributed by atoms with Gasteiger partial charge in [0.1, 0.15) is 11.6 Å². The zero-order chi connectivity index (χ0) is 27.0. The summed E-state index contributed by atoms with van der Waals surface area (Å²) in [5.41, 5.74) is -0.0577. The lowest BCUT2D eigenvalue weighted by Crippen LogP contribution is -2.50. The number of amides is 3. The predicted molar refractivity (Wildman–Crippen MR) is 130 cm³/mol. The van der Waals surface area contributed by atoms with E-state index in [4.69, 9.17) is 4.74 Å². The Morgan fingerprint density at radius 1 is 1.11 bits per heavy atom. The van der Waals surface area contributed by atoms with Gasteiger partial charge in [0.05, 0.1) is 23.5 Å². The van der Waals surface area contributed by atoms with Crippen molar-refractivity contribution < 1.29 is 27.9 Å². The Bertz CT molecular complexity index is 1230. The van der Waals surface area contributed by atoms with E-state index in [0.29, 0.717) is 16.6 Å². The number of likely N-dealkylation sites (tertiary alicyclic amines) is 1. The highest BCUT2D eigenvalue weighted by atomic mass is 19.3. The number of alkyl halides is 2. The number of carbonyl (C=O) groups excluding carboxylic acids is 3. The average molecular weight is 509 g/mol. The second-order valence-corrected chi connectivity index (χ2v) is 9.93. The van der Waals surface area contributed by atoms with Crippen molar-refractivity contribution in [1.29, 1.82) is 0 Å². The molecule has 3 heterocycles. The van der Waals surface area contributed by atoms with Gasteiger partial charge in [0, 0.05) is 20.0 Å². The molecule has 0 aliphatic carbocycles. The van der Waals surface area contributed by atoms with Gasteiger partial charge in [-0.25, -0.2) is 18.4 Å². The van der Waals surface area contributed by atoms with Crippen molar-refractivity contribution in [3.8, 4) is 0 Å². The molecule has 0 radical (unpaired) electrons. The number of nitrogens with zero attached hydrogens (tertiary/aromatic N) is 3. The minimum atomic E-state index is -3.20. The molecule has 0 spiro atoms. The van der Waals surface area contributed by atoms with Crippen molar-refractivity contribution in [2.75, 3.05) is 13.1 Å². The van der Waals surface area contributed by atoms with E-state index in [-0.39, 0.29) is 25.8 Å². The number of imide groups is 1. The molecular formula is C25H34F2N4O5. The van der Waals surface area contributed by atoms with E-state index < -0.39 is 53.6 Å². The van der Waals surface area contributed by atoms with Crippen molar-refractivity contribution in [2.24, 2.45) is 7.05 Å². The van der Waals surface area contributed by atoms with Gasteiger partial charge in [-0.1, -0.05) is 19.9 Å². The third-order valence-corrected chi connectivity index (χ3v) is 6.29. The van der Waals surface area contributed by atoms with Crippen LogP contribution in [0.25, 0.3) is 11.0 Å². The summed E-state index contributed by atoms with van der Waals surface area (Å²) in [5, 5.41) is 2.24. The zero-order valence-corrected chi connectivity index (χ0v) is 21.6. The number of aromatic nitrogens is 2. The monoisotopic (exact) mass is 508 g/mol. The van der Waals surface area contributed by atoms with Crippen molar-refractivity contribution in [1.82, 2.24) is 19.4 Å². The van der Waals surface area contributed by atoms with Crippen molar-refractivity contribution >= 4 is 28.9 Å². The van der Waals surface area contributed by atoms with Gasteiger partial charge in [-0.2, -0.15) is 0 Å². The number of nitrogens with one attached hydrogen (secondary N) is 1. The number of hydrogen-bond donors (Lipinski definition) is 1. The van der Waals surface area contributed by atoms with Crippen LogP contribution in [0.3, 0.4) is 0 Å². The Morgan fingerprint density at radius 2 is 1.78 bits per heavy atom. The first kappa shape index (κ1) is 27.3. The molecule has 198 valence electrons. The Balaban J connectivity index is 0.00000176. The third-order valence-electron chi connectivity index (χ3n) is 6.29. The number of fused-ring (bicyclic) bond motifs is 1. The van der Waals surface area contributed by atoms with Crippen LogP contribution < -0.4 is 11.0 Å². The van der Waals surface area contributed by atoms with Gasteiger partial charge in [-0.3, -0.25) is 24.0 Å². The number of aryl methyl sites for hydroxylation is 1. The number of hydrogen-bond acceptors (Lipinski definition) is 5. The molecule has 2 aliphatic rings. The van der Waals surface area contributed by atoms with Crippen LogP contribution in [-0.4, -0.2) is 56.6 Å². The number of carbonyl (C=O) groups is 3. The molecule has 2 aromatic rings. The molecule has 11 heteroatoms. The zero-order valence-electron chi connectivity index (χ0n) is 21.6. The van der Waals surface area contributed by atoms with Crippen LogP contribution >= 0.6 is 0 Å². The van der Waals surface area contributed by atoms with Gasteiger partial charge in [0.2, 0.25) is 11.8 Å². The summed E-state index contributed by atoms with van der Waals surface area (Å²) in [6.45, 7) is 8.38. The summed E-state index contributed by atoms with van der Waals surface area (Å²) in [7, 11) is 1.51. The highest BCUT2D eigenvalue weighted by Crippen LogP contribution is 2.41. The smallest absolute Gasteiger partial charge is 0.410 e. The van der Waals surface area contributed by atoms with Gasteiger partial charge in [0.25, 0.3) is 5.92 Å². The minimum Gasteiger partial charge on any atom is -0.444 e. The molecule has 36 heavy (non-hydrogen) atoms. The Kier molecular flexibility index (Phi) is 7.61. The summed E-state index contributed by atoms with van der Waals surface area (Å²) >= 11 is 0. The van der Waals surface area contributed by atoms with Crippen molar-refractivity contribution in [3.05, 3.63) is 34.2 Å². The molecule has 2 unspecified atom stereocenters. The molecule has 4 rings (SSSR count). The van der Waals surface area contributed by atoms with Crippen LogP contribution in [0.2, 0.25) is 0 Å². The summed E-state index contributed by atoms with van der Waals surface area (Å²) in [6.07, 6.45) is -0.448. The topological polar surface area (TPSA) is 103 Å². The Hall–Kier alpha value is -3.24. The molecule has 0 saturated carbocycles. The number of piperidine rings is 2.